The summed E-state index contributed by atoms with van der Waals surface area (Å²) in [7, 11) is 0. The summed E-state index contributed by atoms with van der Waals surface area (Å²) in [5.74, 6) is 1.40. The van der Waals surface area contributed by atoms with E-state index in [2.05, 4.69) is 4.98 Å². The maximum atomic E-state index is 11.3. The van der Waals surface area contributed by atoms with E-state index in [-0.39, 0.29) is 0 Å². The molecule has 0 aliphatic carbocycles. The van der Waals surface area contributed by atoms with Gasteiger partial charge in [0.2, 0.25) is 0 Å². The van der Waals surface area contributed by atoms with Crippen molar-refractivity contribution in [1.82, 2.24) is 4.98 Å². The van der Waals surface area contributed by atoms with Crippen LogP contribution < -0.4 is 4.74 Å². The van der Waals surface area contributed by atoms with E-state index in [1.165, 1.54) is 0 Å². The first-order chi connectivity index (χ1) is 12.1. The number of aromatic nitrogens is 1. The number of pyridine rings is 1. The molecule has 5 heteroatoms. The average molecular weight is 368 g/mol. The van der Waals surface area contributed by atoms with Gasteiger partial charge in [0.15, 0.2) is 0 Å². The lowest BCUT2D eigenvalue weighted by Crippen LogP contribution is -1.90. The largest absolute Gasteiger partial charge is 0.457 e. The third kappa shape index (κ3) is 3.16. The van der Waals surface area contributed by atoms with Gasteiger partial charge in [0.1, 0.15) is 11.5 Å². The van der Waals surface area contributed by atoms with Crippen molar-refractivity contribution in [2.75, 3.05) is 0 Å². The van der Waals surface area contributed by atoms with Crippen molar-refractivity contribution in [1.29, 1.82) is 0 Å². The van der Waals surface area contributed by atoms with Crippen molar-refractivity contribution in [3.63, 3.8) is 0 Å². The molecule has 0 amide bonds. The Hall–Kier alpha value is -2.62. The van der Waals surface area contributed by atoms with E-state index < -0.39 is 5.24 Å². The number of hydrogen-bond acceptors (Lipinski definition) is 3. The quantitative estimate of drug-likeness (QED) is 0.404. The first-order valence-corrected chi connectivity index (χ1v) is 8.31. The highest BCUT2D eigenvalue weighted by Crippen LogP contribution is 2.31. The van der Waals surface area contributed by atoms with Gasteiger partial charge in [-0.25, -0.2) is 0 Å². The van der Waals surface area contributed by atoms with Crippen LogP contribution in [0.15, 0.2) is 66.9 Å². The van der Waals surface area contributed by atoms with E-state index in [0.29, 0.717) is 22.1 Å². The zero-order chi connectivity index (χ0) is 17.4. The van der Waals surface area contributed by atoms with Crippen LogP contribution in [0.25, 0.3) is 21.7 Å². The number of carbonyl (C=O) groups is 1. The molecule has 1 aromatic heterocycles. The van der Waals surface area contributed by atoms with Gasteiger partial charge in [-0.15, -0.1) is 0 Å². The molecular weight excluding hydrogens is 357 g/mol. The maximum absolute atomic E-state index is 11.3. The molecule has 0 N–H and O–H groups in total. The summed E-state index contributed by atoms with van der Waals surface area (Å²) < 4.78 is 6.04. The summed E-state index contributed by atoms with van der Waals surface area (Å²) in [6, 6.07) is 18.3. The maximum Gasteiger partial charge on any atom is 0.252 e. The molecule has 0 fully saturated rings. The monoisotopic (exact) mass is 367 g/mol. The highest BCUT2D eigenvalue weighted by atomic mass is 35.5. The summed E-state index contributed by atoms with van der Waals surface area (Å²) in [5, 5.41) is 2.93. The standard InChI is InChI=1S/C20H11Cl2NO2/c21-15-4-6-17-18(11-15)23-8-7-19(17)25-16-5-3-12-9-14(20(22)24)2-1-13(12)10-16/h1-11H. The van der Waals surface area contributed by atoms with Crippen LogP contribution in [0.4, 0.5) is 0 Å². The van der Waals surface area contributed by atoms with Crippen LogP contribution >= 0.6 is 23.2 Å². The first-order valence-electron chi connectivity index (χ1n) is 7.56. The molecule has 3 nitrogen and oxygen atoms in total. The summed E-state index contributed by atoms with van der Waals surface area (Å²) >= 11 is 11.5. The smallest absolute Gasteiger partial charge is 0.252 e. The molecule has 0 unspecified atom stereocenters. The Morgan fingerprint density at radius 1 is 0.920 bits per heavy atom. The molecule has 122 valence electrons. The molecule has 0 spiro atoms. The molecule has 0 radical (unpaired) electrons. The third-order valence-corrected chi connectivity index (χ3v) is 4.38. The summed E-state index contributed by atoms with van der Waals surface area (Å²) in [6.45, 7) is 0. The molecule has 3 aromatic carbocycles. The van der Waals surface area contributed by atoms with Crippen LogP contribution in [-0.4, -0.2) is 10.2 Å². The van der Waals surface area contributed by atoms with Gasteiger partial charge in [0, 0.05) is 22.2 Å². The zero-order valence-corrected chi connectivity index (χ0v) is 14.4. The number of halogens is 2. The Morgan fingerprint density at radius 2 is 1.72 bits per heavy atom. The van der Waals surface area contributed by atoms with Crippen LogP contribution in [0.5, 0.6) is 11.5 Å². The molecule has 4 aromatic rings. The predicted octanol–water partition coefficient (Wildman–Crippen LogP) is 6.21. The van der Waals surface area contributed by atoms with Crippen molar-refractivity contribution in [3.05, 3.63) is 77.4 Å². The Morgan fingerprint density at radius 3 is 2.56 bits per heavy atom. The fourth-order valence-corrected chi connectivity index (χ4v) is 3.00. The Labute approximate surface area is 153 Å². The molecule has 0 aliphatic rings. The van der Waals surface area contributed by atoms with Crippen LogP contribution in [0.1, 0.15) is 10.4 Å². The van der Waals surface area contributed by atoms with E-state index >= 15 is 0 Å². The first kappa shape index (κ1) is 15.9. The minimum absolute atomic E-state index is 0.468. The summed E-state index contributed by atoms with van der Waals surface area (Å²) in [4.78, 5) is 15.6. The molecular formula is C20H11Cl2NO2. The second kappa shape index (κ2) is 6.36. The second-order valence-corrected chi connectivity index (χ2v) is 6.35. The van der Waals surface area contributed by atoms with Gasteiger partial charge >= 0.3 is 0 Å². The number of nitrogens with zero attached hydrogens (tertiary/aromatic N) is 1. The molecule has 0 saturated heterocycles. The average Bonchev–Trinajstić information content (AvgIpc) is 2.61. The second-order valence-electron chi connectivity index (χ2n) is 5.57. The minimum atomic E-state index is -0.468. The number of fused-ring (bicyclic) bond motifs is 2. The third-order valence-electron chi connectivity index (χ3n) is 3.93. The van der Waals surface area contributed by atoms with E-state index in [9.17, 15) is 4.79 Å². The highest BCUT2D eigenvalue weighted by molar-refractivity contribution is 6.67. The van der Waals surface area contributed by atoms with Crippen molar-refractivity contribution >= 4 is 50.1 Å². The molecule has 1 heterocycles. The lowest BCUT2D eigenvalue weighted by Gasteiger charge is -2.10. The van der Waals surface area contributed by atoms with Gasteiger partial charge < -0.3 is 4.74 Å². The number of hydrogen-bond donors (Lipinski definition) is 0. The summed E-state index contributed by atoms with van der Waals surface area (Å²) in [5.41, 5.74) is 1.25. The lowest BCUT2D eigenvalue weighted by molar-refractivity contribution is 0.108. The van der Waals surface area contributed by atoms with Crippen molar-refractivity contribution < 1.29 is 9.53 Å². The fourth-order valence-electron chi connectivity index (χ4n) is 2.72. The van der Waals surface area contributed by atoms with E-state index in [1.807, 2.05) is 42.5 Å². The van der Waals surface area contributed by atoms with Gasteiger partial charge in [-0.2, -0.15) is 0 Å². The van der Waals surface area contributed by atoms with Gasteiger partial charge in [0.05, 0.1) is 5.52 Å². The Balaban J connectivity index is 1.73. The fraction of sp³-hybridized carbons (Fsp3) is 0. The van der Waals surface area contributed by atoms with Crippen LogP contribution in [0.2, 0.25) is 5.02 Å². The van der Waals surface area contributed by atoms with Gasteiger partial charge in [-0.05, 0) is 70.9 Å². The van der Waals surface area contributed by atoms with Crippen LogP contribution in [0, 0.1) is 0 Å². The molecule has 0 bridgehead atoms. The zero-order valence-electron chi connectivity index (χ0n) is 12.9. The highest BCUT2D eigenvalue weighted by Gasteiger charge is 2.07. The van der Waals surface area contributed by atoms with Gasteiger partial charge in [-0.1, -0.05) is 23.7 Å². The van der Waals surface area contributed by atoms with E-state index in [4.69, 9.17) is 27.9 Å². The number of carbonyl (C=O) groups excluding carboxylic acids is 1. The topological polar surface area (TPSA) is 39.2 Å². The van der Waals surface area contributed by atoms with Crippen LogP contribution in [0.3, 0.4) is 0 Å². The van der Waals surface area contributed by atoms with Gasteiger partial charge in [-0.3, -0.25) is 9.78 Å². The molecule has 0 atom stereocenters. The normalized spacial score (nSPS) is 11.0. The lowest BCUT2D eigenvalue weighted by atomic mass is 10.1. The molecule has 0 aliphatic heterocycles. The van der Waals surface area contributed by atoms with Crippen molar-refractivity contribution in [3.8, 4) is 11.5 Å². The van der Waals surface area contributed by atoms with Crippen LogP contribution in [-0.2, 0) is 0 Å². The molecule has 4 rings (SSSR count). The molecule has 0 saturated carbocycles. The van der Waals surface area contributed by atoms with E-state index in [0.717, 1.165) is 21.7 Å². The SMILES string of the molecule is O=C(Cl)c1ccc2cc(Oc3ccnc4cc(Cl)ccc34)ccc2c1. The number of ether oxygens (including phenoxy) is 1. The number of rotatable bonds is 3. The predicted molar refractivity (Wildman–Crippen MR) is 101 cm³/mol. The van der Waals surface area contributed by atoms with Crippen molar-refractivity contribution in [2.45, 2.75) is 0 Å². The molecule has 25 heavy (non-hydrogen) atoms. The van der Waals surface area contributed by atoms with Crippen molar-refractivity contribution in [2.24, 2.45) is 0 Å². The van der Waals surface area contributed by atoms with Gasteiger partial charge in [0.25, 0.3) is 5.24 Å². The Kier molecular flexibility index (Phi) is 4.04. The van der Waals surface area contributed by atoms with E-state index in [1.54, 1.807) is 24.4 Å². The summed E-state index contributed by atoms with van der Waals surface area (Å²) in [6.07, 6.45) is 1.69. The number of benzene rings is 3. The Bertz CT molecular complexity index is 1130. The minimum Gasteiger partial charge on any atom is -0.457 e.